The molecule has 6 heteroatoms. The molecular weight excluding hydrogens is 260 g/mol. The van der Waals surface area contributed by atoms with Gasteiger partial charge in [0.25, 0.3) is 0 Å². The van der Waals surface area contributed by atoms with Crippen molar-refractivity contribution in [2.45, 2.75) is 24.8 Å². The smallest absolute Gasteiger partial charge is 0.241 e. The molecule has 17 heavy (non-hydrogen) atoms. The predicted octanol–water partition coefficient (Wildman–Crippen LogP) is 1.75. The van der Waals surface area contributed by atoms with Crippen LogP contribution in [0.15, 0.2) is 23.1 Å². The van der Waals surface area contributed by atoms with E-state index in [0.717, 1.165) is 18.5 Å². The number of rotatable bonds is 6. The van der Waals surface area contributed by atoms with Crippen molar-refractivity contribution in [3.8, 4) is 0 Å². The summed E-state index contributed by atoms with van der Waals surface area (Å²) in [5.74, 6) is 0. The first-order valence-corrected chi connectivity index (χ1v) is 7.30. The Morgan fingerprint density at radius 3 is 2.65 bits per heavy atom. The van der Waals surface area contributed by atoms with E-state index in [2.05, 4.69) is 17.0 Å². The monoisotopic (exact) mass is 276 g/mol. The second-order valence-electron chi connectivity index (χ2n) is 3.65. The van der Waals surface area contributed by atoms with Crippen LogP contribution in [-0.4, -0.2) is 22.0 Å². The van der Waals surface area contributed by atoms with Gasteiger partial charge in [0.1, 0.15) is 4.90 Å². The maximum atomic E-state index is 11.7. The molecule has 0 radical (unpaired) electrons. The van der Waals surface area contributed by atoms with Crippen LogP contribution < -0.4 is 10.0 Å². The zero-order valence-electron chi connectivity index (χ0n) is 9.96. The summed E-state index contributed by atoms with van der Waals surface area (Å²) in [6.45, 7) is 3.61. The molecule has 0 heterocycles. The second kappa shape index (κ2) is 6.35. The van der Waals surface area contributed by atoms with E-state index in [-0.39, 0.29) is 9.92 Å². The van der Waals surface area contributed by atoms with Crippen molar-refractivity contribution in [2.24, 2.45) is 0 Å². The summed E-state index contributed by atoms with van der Waals surface area (Å²) < 4.78 is 25.6. The minimum absolute atomic E-state index is 0.123. The number of hydrogen-bond acceptors (Lipinski definition) is 3. The minimum Gasteiger partial charge on any atom is -0.313 e. The minimum atomic E-state index is -3.49. The fraction of sp³-hybridized carbons (Fsp3) is 0.455. The molecule has 0 saturated carbocycles. The highest BCUT2D eigenvalue weighted by Gasteiger charge is 2.15. The van der Waals surface area contributed by atoms with E-state index in [0.29, 0.717) is 6.54 Å². The molecule has 0 fully saturated rings. The summed E-state index contributed by atoms with van der Waals surface area (Å²) in [7, 11) is -2.12. The third kappa shape index (κ3) is 3.96. The van der Waals surface area contributed by atoms with E-state index in [9.17, 15) is 8.42 Å². The molecule has 0 spiro atoms. The first-order valence-electron chi connectivity index (χ1n) is 5.44. The molecule has 0 aromatic heterocycles. The average Bonchev–Trinajstić information content (AvgIpc) is 2.31. The van der Waals surface area contributed by atoms with Gasteiger partial charge in [0.2, 0.25) is 10.0 Å². The fourth-order valence-electron chi connectivity index (χ4n) is 1.38. The molecule has 0 aliphatic carbocycles. The van der Waals surface area contributed by atoms with Gasteiger partial charge in [-0.3, -0.25) is 0 Å². The van der Waals surface area contributed by atoms with Gasteiger partial charge in [-0.05, 0) is 37.7 Å². The molecule has 0 bridgehead atoms. The van der Waals surface area contributed by atoms with Crippen LogP contribution in [-0.2, 0) is 16.6 Å². The van der Waals surface area contributed by atoms with Crippen molar-refractivity contribution < 1.29 is 8.42 Å². The van der Waals surface area contributed by atoms with E-state index < -0.39 is 10.0 Å². The van der Waals surface area contributed by atoms with Gasteiger partial charge in [0.15, 0.2) is 0 Å². The third-order valence-electron chi connectivity index (χ3n) is 2.31. The molecule has 0 unspecified atom stereocenters. The van der Waals surface area contributed by atoms with E-state index in [4.69, 9.17) is 11.6 Å². The van der Waals surface area contributed by atoms with Gasteiger partial charge in [-0.15, -0.1) is 0 Å². The van der Waals surface area contributed by atoms with Crippen LogP contribution >= 0.6 is 11.6 Å². The van der Waals surface area contributed by atoms with Crippen LogP contribution in [0.2, 0.25) is 5.02 Å². The highest BCUT2D eigenvalue weighted by atomic mass is 35.5. The quantitative estimate of drug-likeness (QED) is 0.779. The van der Waals surface area contributed by atoms with Gasteiger partial charge in [0.05, 0.1) is 5.02 Å². The molecule has 0 aliphatic heterocycles. The Morgan fingerprint density at radius 2 is 2.06 bits per heavy atom. The molecule has 0 aliphatic rings. The van der Waals surface area contributed by atoms with E-state index >= 15 is 0 Å². The van der Waals surface area contributed by atoms with Gasteiger partial charge in [-0.25, -0.2) is 13.1 Å². The van der Waals surface area contributed by atoms with Crippen LogP contribution in [0, 0.1) is 0 Å². The summed E-state index contributed by atoms with van der Waals surface area (Å²) in [6, 6.07) is 5.02. The molecule has 0 atom stereocenters. The Balaban J connectivity index is 2.95. The van der Waals surface area contributed by atoms with E-state index in [1.54, 1.807) is 12.1 Å². The summed E-state index contributed by atoms with van der Waals surface area (Å²) in [4.78, 5) is 0.123. The fourth-order valence-corrected chi connectivity index (χ4v) is 2.66. The standard InChI is InChI=1S/C11H17ClN2O2S/c1-3-6-14-8-9-4-5-10(12)11(7-9)17(15,16)13-2/h4-5,7,13-14H,3,6,8H2,1-2H3. The molecule has 1 rings (SSSR count). The first-order chi connectivity index (χ1) is 8.01. The van der Waals surface area contributed by atoms with Gasteiger partial charge < -0.3 is 5.32 Å². The van der Waals surface area contributed by atoms with Gasteiger partial charge in [-0.1, -0.05) is 24.6 Å². The molecule has 1 aromatic carbocycles. The molecule has 0 amide bonds. The van der Waals surface area contributed by atoms with Crippen molar-refractivity contribution in [3.05, 3.63) is 28.8 Å². The number of nitrogens with one attached hydrogen (secondary N) is 2. The second-order valence-corrected chi connectivity index (χ2v) is 5.91. The van der Waals surface area contributed by atoms with E-state index in [1.165, 1.54) is 7.05 Å². The lowest BCUT2D eigenvalue weighted by Crippen LogP contribution is -2.20. The number of hydrogen-bond donors (Lipinski definition) is 2. The van der Waals surface area contributed by atoms with Gasteiger partial charge in [0, 0.05) is 6.54 Å². The van der Waals surface area contributed by atoms with Gasteiger partial charge >= 0.3 is 0 Å². The van der Waals surface area contributed by atoms with Crippen molar-refractivity contribution in [2.75, 3.05) is 13.6 Å². The first kappa shape index (κ1) is 14.4. The highest BCUT2D eigenvalue weighted by molar-refractivity contribution is 7.89. The Kier molecular flexibility index (Phi) is 5.39. The predicted molar refractivity (Wildman–Crippen MR) is 69.7 cm³/mol. The summed E-state index contributed by atoms with van der Waals surface area (Å²) in [5.41, 5.74) is 0.900. The maximum absolute atomic E-state index is 11.7. The SMILES string of the molecule is CCCNCc1ccc(Cl)c(S(=O)(=O)NC)c1. The average molecular weight is 277 g/mol. The number of sulfonamides is 1. The Labute approximate surface area is 107 Å². The largest absolute Gasteiger partial charge is 0.313 e. The van der Waals surface area contributed by atoms with Crippen LogP contribution in [0.25, 0.3) is 0 Å². The van der Waals surface area contributed by atoms with Crippen LogP contribution in [0.5, 0.6) is 0 Å². The lowest BCUT2D eigenvalue weighted by molar-refractivity contribution is 0.588. The number of halogens is 1. The Morgan fingerprint density at radius 1 is 1.35 bits per heavy atom. The third-order valence-corrected chi connectivity index (χ3v) is 4.21. The molecular formula is C11H17ClN2O2S. The van der Waals surface area contributed by atoms with Crippen LogP contribution in [0.4, 0.5) is 0 Å². The topological polar surface area (TPSA) is 58.2 Å². The van der Waals surface area contributed by atoms with Crippen LogP contribution in [0.3, 0.4) is 0 Å². The summed E-state index contributed by atoms with van der Waals surface area (Å²) in [5, 5.41) is 3.44. The highest BCUT2D eigenvalue weighted by Crippen LogP contribution is 2.22. The van der Waals surface area contributed by atoms with Crippen molar-refractivity contribution in [1.29, 1.82) is 0 Å². The molecule has 1 aromatic rings. The Hall–Kier alpha value is -0.620. The molecule has 4 nitrogen and oxygen atoms in total. The van der Waals surface area contributed by atoms with Crippen LogP contribution in [0.1, 0.15) is 18.9 Å². The van der Waals surface area contributed by atoms with E-state index in [1.807, 2.05) is 6.07 Å². The normalized spacial score (nSPS) is 11.7. The summed E-state index contributed by atoms with van der Waals surface area (Å²) >= 11 is 5.88. The molecule has 0 saturated heterocycles. The van der Waals surface area contributed by atoms with Crippen molar-refractivity contribution >= 4 is 21.6 Å². The summed E-state index contributed by atoms with van der Waals surface area (Å²) in [6.07, 6.45) is 1.04. The van der Waals surface area contributed by atoms with Crippen molar-refractivity contribution in [3.63, 3.8) is 0 Å². The lowest BCUT2D eigenvalue weighted by Gasteiger charge is -2.08. The lowest BCUT2D eigenvalue weighted by atomic mass is 10.2. The Bertz CT molecular complexity index is 474. The molecule has 96 valence electrons. The van der Waals surface area contributed by atoms with Crippen molar-refractivity contribution in [1.82, 2.24) is 10.0 Å². The molecule has 2 N–H and O–H groups in total. The maximum Gasteiger partial charge on any atom is 0.241 e. The zero-order valence-corrected chi connectivity index (χ0v) is 11.5. The van der Waals surface area contributed by atoms with Gasteiger partial charge in [-0.2, -0.15) is 0 Å². The zero-order chi connectivity index (χ0) is 12.9. The number of benzene rings is 1.